The Balaban J connectivity index is 1.07. The maximum atomic E-state index is 2.49. The predicted molar refractivity (Wildman–Crippen MR) is 288 cm³/mol. The van der Waals surface area contributed by atoms with E-state index in [1.807, 2.05) is 11.3 Å². The lowest BCUT2D eigenvalue weighted by molar-refractivity contribution is 1.18. The summed E-state index contributed by atoms with van der Waals surface area (Å²) in [6.07, 6.45) is 0. The minimum absolute atomic E-state index is 1.07. The van der Waals surface area contributed by atoms with Crippen molar-refractivity contribution >= 4 is 81.1 Å². The van der Waals surface area contributed by atoms with Crippen LogP contribution in [0.5, 0.6) is 0 Å². The van der Waals surface area contributed by atoms with Crippen LogP contribution in [0.25, 0.3) is 103 Å². The number of nitrogens with zero attached hydrogens (tertiary/aromatic N) is 2. The number of hydrogen-bond acceptors (Lipinski definition) is 2. The fraction of sp³-hybridized carbons (Fsp3) is 0. The van der Waals surface area contributed by atoms with Crippen LogP contribution in [0, 0.1) is 0 Å². The number of aromatic nitrogens is 1. The lowest BCUT2D eigenvalue weighted by Gasteiger charge is -2.30. The molecule has 13 aromatic rings. The van der Waals surface area contributed by atoms with E-state index >= 15 is 0 Å². The second kappa shape index (κ2) is 16.2. The molecule has 0 N–H and O–H groups in total. The molecule has 2 aromatic heterocycles. The van der Waals surface area contributed by atoms with Gasteiger partial charge < -0.3 is 9.47 Å². The number of rotatable bonds is 8. The first-order chi connectivity index (χ1) is 33.3. The average molecular weight is 871 g/mol. The molecule has 0 amide bonds. The van der Waals surface area contributed by atoms with Crippen molar-refractivity contribution < 1.29 is 0 Å². The molecule has 0 saturated heterocycles. The Kier molecular flexibility index (Phi) is 9.40. The van der Waals surface area contributed by atoms with Gasteiger partial charge in [0.15, 0.2) is 0 Å². The second-order valence-electron chi connectivity index (χ2n) is 17.2. The third kappa shape index (κ3) is 6.47. The molecule has 0 fully saturated rings. The Morgan fingerprint density at radius 2 is 0.821 bits per heavy atom. The van der Waals surface area contributed by atoms with Crippen molar-refractivity contribution in [3.8, 4) is 50.2 Å². The van der Waals surface area contributed by atoms with Crippen LogP contribution in [0.3, 0.4) is 0 Å². The summed E-state index contributed by atoms with van der Waals surface area (Å²) in [7, 11) is 0. The van der Waals surface area contributed by atoms with Gasteiger partial charge in [-0.25, -0.2) is 0 Å². The zero-order valence-electron chi connectivity index (χ0n) is 36.6. The van der Waals surface area contributed by atoms with E-state index in [9.17, 15) is 0 Å². The van der Waals surface area contributed by atoms with Gasteiger partial charge in [0.25, 0.3) is 0 Å². The van der Waals surface area contributed by atoms with Crippen molar-refractivity contribution in [3.63, 3.8) is 0 Å². The fourth-order valence-electron chi connectivity index (χ4n) is 10.5. The van der Waals surface area contributed by atoms with E-state index in [-0.39, 0.29) is 0 Å². The SMILES string of the molecule is c1ccc(-c2cccc3cccc(-c4ccccc4N(c4ccc(-c5cccc6sc7ccccc7c56)cc4)c4ccccc4-c4cccc5c6ccccc6n(-c6ccccc6)c45)c23)cc1. The van der Waals surface area contributed by atoms with E-state index in [1.165, 1.54) is 86.1 Å². The molecule has 67 heavy (non-hydrogen) atoms. The van der Waals surface area contributed by atoms with Crippen LogP contribution >= 0.6 is 11.3 Å². The van der Waals surface area contributed by atoms with Gasteiger partial charge >= 0.3 is 0 Å². The van der Waals surface area contributed by atoms with Gasteiger partial charge in [-0.3, -0.25) is 0 Å². The highest BCUT2D eigenvalue weighted by Gasteiger charge is 2.25. The average Bonchev–Trinajstić information content (AvgIpc) is 3.96. The summed E-state index contributed by atoms with van der Waals surface area (Å²) in [5.41, 5.74) is 16.3. The largest absolute Gasteiger partial charge is 0.309 e. The minimum Gasteiger partial charge on any atom is -0.309 e. The van der Waals surface area contributed by atoms with Crippen molar-refractivity contribution in [2.45, 2.75) is 0 Å². The predicted octanol–water partition coefficient (Wildman–Crippen LogP) is 18.4. The van der Waals surface area contributed by atoms with Crippen LogP contribution in [-0.2, 0) is 0 Å². The van der Waals surface area contributed by atoms with Gasteiger partial charge in [-0.15, -0.1) is 11.3 Å². The van der Waals surface area contributed by atoms with Crippen molar-refractivity contribution in [3.05, 3.63) is 255 Å². The molecule has 0 atom stereocenters. The second-order valence-corrected chi connectivity index (χ2v) is 18.2. The Hall–Kier alpha value is -8.50. The van der Waals surface area contributed by atoms with Crippen LogP contribution < -0.4 is 4.90 Å². The normalized spacial score (nSPS) is 11.6. The Labute approximate surface area is 393 Å². The molecule has 0 aliphatic carbocycles. The lowest BCUT2D eigenvalue weighted by atomic mass is 9.90. The molecule has 3 heteroatoms. The molecular formula is C64H42N2S. The highest BCUT2D eigenvalue weighted by Crippen LogP contribution is 2.49. The summed E-state index contributed by atoms with van der Waals surface area (Å²) in [4.78, 5) is 2.49. The van der Waals surface area contributed by atoms with Crippen molar-refractivity contribution in [2.24, 2.45) is 0 Å². The molecule has 2 heterocycles. The van der Waals surface area contributed by atoms with Gasteiger partial charge in [0.05, 0.1) is 22.4 Å². The fourth-order valence-corrected chi connectivity index (χ4v) is 11.6. The van der Waals surface area contributed by atoms with Gasteiger partial charge in [0, 0.05) is 59.0 Å². The standard InChI is InChI=1S/C64H42N2S/c1-3-19-43(20-4-1)48-29-15-21-45-22-16-31-53(62(45)48)50-25-7-11-34-57(50)65(47-41-39-44(40-42-47)49-30-18-38-61-63(49)56-28-10-14-37-60(56)67-61)58-35-12-8-26-51(58)54-32-17-33-55-52-27-9-13-36-59(52)66(64(54)55)46-23-5-2-6-24-46/h1-42H. The van der Waals surface area contributed by atoms with Gasteiger partial charge in [-0.05, 0) is 93.2 Å². The molecule has 13 rings (SSSR count). The van der Waals surface area contributed by atoms with Gasteiger partial charge in [0.2, 0.25) is 0 Å². The number of benzene rings is 11. The van der Waals surface area contributed by atoms with Crippen LogP contribution in [0.1, 0.15) is 0 Å². The van der Waals surface area contributed by atoms with Gasteiger partial charge in [-0.1, -0.05) is 200 Å². The molecule has 0 aliphatic heterocycles. The molecule has 2 nitrogen and oxygen atoms in total. The van der Waals surface area contributed by atoms with Crippen LogP contribution in [0.2, 0.25) is 0 Å². The summed E-state index contributed by atoms with van der Waals surface area (Å²) in [6.45, 7) is 0. The van der Waals surface area contributed by atoms with E-state index in [1.54, 1.807) is 0 Å². The van der Waals surface area contributed by atoms with E-state index in [2.05, 4.69) is 264 Å². The molecular weight excluding hydrogens is 829 g/mol. The first-order valence-corrected chi connectivity index (χ1v) is 23.7. The van der Waals surface area contributed by atoms with Crippen molar-refractivity contribution in [2.75, 3.05) is 4.90 Å². The Bertz CT molecular complexity index is 3970. The number of thiophene rings is 1. The van der Waals surface area contributed by atoms with Crippen LogP contribution in [0.15, 0.2) is 255 Å². The summed E-state index contributed by atoms with van der Waals surface area (Å²) in [5, 5.41) is 7.52. The first kappa shape index (κ1) is 38.9. The summed E-state index contributed by atoms with van der Waals surface area (Å²) in [5.74, 6) is 0. The maximum absolute atomic E-state index is 2.49. The molecule has 0 radical (unpaired) electrons. The first-order valence-electron chi connectivity index (χ1n) is 22.9. The monoisotopic (exact) mass is 870 g/mol. The molecule has 314 valence electrons. The third-order valence-corrected chi connectivity index (χ3v) is 14.5. The molecule has 0 saturated carbocycles. The highest BCUT2D eigenvalue weighted by molar-refractivity contribution is 7.25. The minimum atomic E-state index is 1.07. The maximum Gasteiger partial charge on any atom is 0.0620 e. The zero-order chi connectivity index (χ0) is 44.3. The summed E-state index contributed by atoms with van der Waals surface area (Å²) < 4.78 is 5.06. The van der Waals surface area contributed by atoms with E-state index in [0.717, 1.165) is 33.9 Å². The molecule has 0 spiro atoms. The van der Waals surface area contributed by atoms with Crippen LogP contribution in [0.4, 0.5) is 17.1 Å². The third-order valence-electron chi connectivity index (χ3n) is 13.4. The Morgan fingerprint density at radius 1 is 0.313 bits per heavy atom. The van der Waals surface area contributed by atoms with Gasteiger partial charge in [0.1, 0.15) is 0 Å². The van der Waals surface area contributed by atoms with Crippen molar-refractivity contribution in [1.29, 1.82) is 0 Å². The van der Waals surface area contributed by atoms with E-state index in [4.69, 9.17) is 0 Å². The number of fused-ring (bicyclic) bond motifs is 7. The number of anilines is 3. The molecule has 11 aromatic carbocycles. The molecule has 0 aliphatic rings. The smallest absolute Gasteiger partial charge is 0.0620 e. The molecule has 0 unspecified atom stereocenters. The summed E-state index contributed by atoms with van der Waals surface area (Å²) >= 11 is 1.86. The molecule has 0 bridgehead atoms. The topological polar surface area (TPSA) is 8.17 Å². The number of hydrogen-bond donors (Lipinski definition) is 0. The van der Waals surface area contributed by atoms with E-state index in [0.29, 0.717) is 0 Å². The van der Waals surface area contributed by atoms with Crippen molar-refractivity contribution in [1.82, 2.24) is 4.57 Å². The number of para-hydroxylation sites is 5. The zero-order valence-corrected chi connectivity index (χ0v) is 37.4. The summed E-state index contributed by atoms with van der Waals surface area (Å²) in [6, 6.07) is 93.3. The highest BCUT2D eigenvalue weighted by atomic mass is 32.1. The van der Waals surface area contributed by atoms with Gasteiger partial charge in [-0.2, -0.15) is 0 Å². The quantitative estimate of drug-likeness (QED) is 0.148. The lowest BCUT2D eigenvalue weighted by Crippen LogP contribution is -2.12. The Morgan fingerprint density at radius 3 is 1.58 bits per heavy atom. The van der Waals surface area contributed by atoms with E-state index < -0.39 is 0 Å². The van der Waals surface area contributed by atoms with Crippen LogP contribution in [-0.4, -0.2) is 4.57 Å².